The van der Waals surface area contributed by atoms with Gasteiger partial charge in [0.05, 0.1) is 10.6 Å². The van der Waals surface area contributed by atoms with E-state index in [0.29, 0.717) is 11.0 Å². The van der Waals surface area contributed by atoms with Crippen molar-refractivity contribution < 1.29 is 9.59 Å². The predicted octanol–water partition coefficient (Wildman–Crippen LogP) is 4.24. The zero-order valence-electron chi connectivity index (χ0n) is 13.3. The molecule has 1 atom stereocenters. The number of aryl methyl sites for hydroxylation is 2. The van der Waals surface area contributed by atoms with Crippen LogP contribution in [-0.4, -0.2) is 16.7 Å². The fraction of sp³-hybridized carbons (Fsp3) is 0.471. The highest BCUT2D eigenvalue weighted by Crippen LogP contribution is 2.32. The van der Waals surface area contributed by atoms with Crippen molar-refractivity contribution in [3.05, 3.63) is 32.5 Å². The maximum atomic E-state index is 12.0. The van der Waals surface area contributed by atoms with Gasteiger partial charge in [0.2, 0.25) is 5.91 Å². The Morgan fingerprint density at radius 1 is 1.30 bits per heavy atom. The van der Waals surface area contributed by atoms with Gasteiger partial charge in [0.25, 0.3) is 0 Å². The van der Waals surface area contributed by atoms with Gasteiger partial charge in [-0.25, -0.2) is 4.98 Å². The van der Waals surface area contributed by atoms with Crippen molar-refractivity contribution in [1.82, 2.24) is 4.98 Å². The SMILES string of the molecule is Cc1ccc(C(=O)CCC(=O)Nc2nc3c(s2)CC(C)CC3)s1. The highest BCUT2D eigenvalue weighted by atomic mass is 32.1. The molecule has 0 radical (unpaired) electrons. The molecule has 0 spiro atoms. The van der Waals surface area contributed by atoms with Crippen molar-refractivity contribution in [1.29, 1.82) is 0 Å². The number of hydrogen-bond acceptors (Lipinski definition) is 5. The van der Waals surface area contributed by atoms with Gasteiger partial charge in [-0.3, -0.25) is 9.59 Å². The van der Waals surface area contributed by atoms with Gasteiger partial charge in [0.15, 0.2) is 10.9 Å². The van der Waals surface area contributed by atoms with E-state index in [0.717, 1.165) is 28.3 Å². The maximum Gasteiger partial charge on any atom is 0.226 e. The van der Waals surface area contributed by atoms with Crippen LogP contribution in [0.1, 0.15) is 51.3 Å². The summed E-state index contributed by atoms with van der Waals surface area (Å²) in [6, 6.07) is 3.76. The van der Waals surface area contributed by atoms with Crippen LogP contribution in [0.15, 0.2) is 12.1 Å². The number of fused-ring (bicyclic) bond motifs is 1. The van der Waals surface area contributed by atoms with Crippen LogP contribution in [0.5, 0.6) is 0 Å². The summed E-state index contributed by atoms with van der Waals surface area (Å²) in [6.45, 7) is 4.22. The van der Waals surface area contributed by atoms with Crippen molar-refractivity contribution >= 4 is 39.5 Å². The molecule has 122 valence electrons. The Morgan fingerprint density at radius 3 is 2.87 bits per heavy atom. The molecule has 4 nitrogen and oxygen atoms in total. The maximum absolute atomic E-state index is 12.0. The van der Waals surface area contributed by atoms with Crippen LogP contribution in [0.25, 0.3) is 0 Å². The number of carbonyl (C=O) groups excluding carboxylic acids is 2. The minimum atomic E-state index is -0.134. The Labute approximate surface area is 144 Å². The first kappa shape index (κ1) is 16.3. The second kappa shape index (κ2) is 6.93. The number of hydrogen-bond donors (Lipinski definition) is 1. The average molecular weight is 348 g/mol. The fourth-order valence-electron chi connectivity index (χ4n) is 2.71. The monoisotopic (exact) mass is 348 g/mol. The number of nitrogens with zero attached hydrogens (tertiary/aromatic N) is 1. The van der Waals surface area contributed by atoms with Crippen LogP contribution in [-0.2, 0) is 17.6 Å². The van der Waals surface area contributed by atoms with Gasteiger partial charge >= 0.3 is 0 Å². The Balaban J connectivity index is 1.52. The van der Waals surface area contributed by atoms with Crippen LogP contribution >= 0.6 is 22.7 Å². The van der Waals surface area contributed by atoms with Crippen molar-refractivity contribution in [3.8, 4) is 0 Å². The highest BCUT2D eigenvalue weighted by Gasteiger charge is 2.20. The molecule has 3 rings (SSSR count). The minimum absolute atomic E-state index is 0.0329. The summed E-state index contributed by atoms with van der Waals surface area (Å²) in [5, 5.41) is 3.52. The molecule has 1 N–H and O–H groups in total. The van der Waals surface area contributed by atoms with Crippen molar-refractivity contribution in [3.63, 3.8) is 0 Å². The standard InChI is InChI=1S/C17H20N2O2S2/c1-10-3-5-12-15(9-10)23-17(18-12)19-16(21)8-6-13(20)14-7-4-11(2)22-14/h4,7,10H,3,5-6,8-9H2,1-2H3,(H,18,19,21). The number of Topliss-reactive ketones (excluding diaryl/α,β-unsaturated/α-hetero) is 1. The molecule has 1 aliphatic rings. The first-order valence-electron chi connectivity index (χ1n) is 7.89. The first-order valence-corrected chi connectivity index (χ1v) is 9.52. The van der Waals surface area contributed by atoms with E-state index in [2.05, 4.69) is 17.2 Å². The lowest BCUT2D eigenvalue weighted by Gasteiger charge is -2.15. The molecule has 6 heteroatoms. The highest BCUT2D eigenvalue weighted by molar-refractivity contribution is 7.16. The van der Waals surface area contributed by atoms with E-state index in [1.807, 2.05) is 19.1 Å². The predicted molar refractivity (Wildman–Crippen MR) is 94.6 cm³/mol. The van der Waals surface area contributed by atoms with E-state index >= 15 is 0 Å². The molecular weight excluding hydrogens is 328 g/mol. The number of thiazole rings is 1. The fourth-order valence-corrected chi connectivity index (χ4v) is 4.73. The zero-order chi connectivity index (χ0) is 16.4. The molecule has 0 aliphatic heterocycles. The van der Waals surface area contributed by atoms with Gasteiger partial charge in [0.1, 0.15) is 0 Å². The quantitative estimate of drug-likeness (QED) is 0.822. The molecule has 2 aromatic rings. The number of rotatable bonds is 5. The lowest BCUT2D eigenvalue weighted by atomic mass is 9.93. The molecule has 0 bridgehead atoms. The summed E-state index contributed by atoms with van der Waals surface area (Å²) < 4.78 is 0. The lowest BCUT2D eigenvalue weighted by Crippen LogP contribution is -2.13. The number of ketones is 1. The van der Waals surface area contributed by atoms with Gasteiger partial charge in [-0.1, -0.05) is 6.92 Å². The van der Waals surface area contributed by atoms with Crippen molar-refractivity contribution in [2.24, 2.45) is 5.92 Å². The molecule has 0 aromatic carbocycles. The molecule has 1 unspecified atom stereocenters. The molecular formula is C17H20N2O2S2. The first-order chi connectivity index (χ1) is 11.0. The van der Waals surface area contributed by atoms with Crippen LogP contribution in [0.3, 0.4) is 0 Å². The van der Waals surface area contributed by atoms with E-state index in [-0.39, 0.29) is 24.5 Å². The molecule has 0 fully saturated rings. The Kier molecular flexibility index (Phi) is 4.92. The third-order valence-electron chi connectivity index (χ3n) is 4.03. The topological polar surface area (TPSA) is 59.1 Å². The molecule has 23 heavy (non-hydrogen) atoms. The van der Waals surface area contributed by atoms with Gasteiger partial charge in [0, 0.05) is 22.6 Å². The molecule has 0 saturated carbocycles. The number of nitrogens with one attached hydrogen (secondary N) is 1. The van der Waals surface area contributed by atoms with Crippen LogP contribution in [0, 0.1) is 12.8 Å². The molecule has 2 heterocycles. The third-order valence-corrected chi connectivity index (χ3v) is 6.10. The number of carbonyl (C=O) groups is 2. The average Bonchev–Trinajstić information content (AvgIpc) is 3.10. The second-order valence-electron chi connectivity index (χ2n) is 6.12. The lowest BCUT2D eigenvalue weighted by molar-refractivity contribution is -0.116. The molecule has 2 aromatic heterocycles. The largest absolute Gasteiger partial charge is 0.302 e. The van der Waals surface area contributed by atoms with Gasteiger partial charge < -0.3 is 5.32 Å². The van der Waals surface area contributed by atoms with Crippen LogP contribution in [0.4, 0.5) is 5.13 Å². The van der Waals surface area contributed by atoms with E-state index < -0.39 is 0 Å². The van der Waals surface area contributed by atoms with Crippen molar-refractivity contribution in [2.45, 2.75) is 46.0 Å². The number of aromatic nitrogens is 1. The van der Waals surface area contributed by atoms with Crippen LogP contribution < -0.4 is 5.32 Å². The minimum Gasteiger partial charge on any atom is -0.302 e. The molecule has 0 saturated heterocycles. The van der Waals surface area contributed by atoms with Gasteiger partial charge in [-0.15, -0.1) is 22.7 Å². The summed E-state index contributed by atoms with van der Waals surface area (Å²) in [6.07, 6.45) is 3.67. The molecule has 1 amide bonds. The third kappa shape index (κ3) is 4.06. The Morgan fingerprint density at radius 2 is 2.13 bits per heavy atom. The summed E-state index contributed by atoms with van der Waals surface area (Å²) >= 11 is 3.05. The zero-order valence-corrected chi connectivity index (χ0v) is 15.0. The van der Waals surface area contributed by atoms with E-state index in [9.17, 15) is 9.59 Å². The van der Waals surface area contributed by atoms with E-state index in [4.69, 9.17) is 0 Å². The number of anilines is 1. The Hall–Kier alpha value is -1.53. The summed E-state index contributed by atoms with van der Waals surface area (Å²) in [5.74, 6) is 0.592. The van der Waals surface area contributed by atoms with Gasteiger partial charge in [-0.2, -0.15) is 0 Å². The normalized spacial score (nSPS) is 16.9. The smallest absolute Gasteiger partial charge is 0.226 e. The van der Waals surface area contributed by atoms with Crippen LogP contribution in [0.2, 0.25) is 0 Å². The van der Waals surface area contributed by atoms with E-state index in [1.165, 1.54) is 22.6 Å². The van der Waals surface area contributed by atoms with Gasteiger partial charge in [-0.05, 0) is 44.2 Å². The number of thiophene rings is 1. The van der Waals surface area contributed by atoms with Crippen molar-refractivity contribution in [2.75, 3.05) is 5.32 Å². The Bertz CT molecular complexity index is 733. The van der Waals surface area contributed by atoms with E-state index in [1.54, 1.807) is 11.3 Å². The second-order valence-corrected chi connectivity index (χ2v) is 8.49. The summed E-state index contributed by atoms with van der Waals surface area (Å²) in [4.78, 5) is 31.7. The summed E-state index contributed by atoms with van der Waals surface area (Å²) in [7, 11) is 0. The molecule has 1 aliphatic carbocycles. The number of amides is 1. The summed E-state index contributed by atoms with van der Waals surface area (Å²) in [5.41, 5.74) is 1.13.